The van der Waals surface area contributed by atoms with Crippen molar-refractivity contribution in [3.8, 4) is 0 Å². The van der Waals surface area contributed by atoms with E-state index in [1.54, 1.807) is 12.3 Å². The number of nitrogens with zero attached hydrogens (tertiary/aromatic N) is 3. The van der Waals surface area contributed by atoms with Gasteiger partial charge in [-0.1, -0.05) is 20.8 Å². The molecular formula is C14H23N3O3Si-. The van der Waals surface area contributed by atoms with Gasteiger partial charge in [0.25, 0.3) is 0 Å². The molecule has 0 aliphatic carbocycles. The summed E-state index contributed by atoms with van der Waals surface area (Å²) in [6.07, 6.45) is 1.81. The molecule has 0 atom stereocenters. The number of hydrogen-bond acceptors (Lipinski definition) is 5. The molecule has 117 valence electrons. The third-order valence-corrected chi connectivity index (χ3v) is 8.93. The molecule has 0 amide bonds. The zero-order valence-corrected chi connectivity index (χ0v) is 14.3. The highest BCUT2D eigenvalue weighted by Gasteiger charge is 2.33. The SMILES string of the molecule is CC(C)(C)[Si-](C)(C)OC1CN(c2ccc([N+](=O)[O-])nc2)C1. The first-order valence-corrected chi connectivity index (χ1v) is 10.0. The zero-order chi connectivity index (χ0) is 15.8. The van der Waals surface area contributed by atoms with Crippen molar-refractivity contribution in [1.82, 2.24) is 4.98 Å². The number of nitro groups is 1. The van der Waals surface area contributed by atoms with E-state index in [1.807, 2.05) is 0 Å². The number of rotatable bonds is 4. The maximum atomic E-state index is 10.6. The van der Waals surface area contributed by atoms with Crippen molar-refractivity contribution in [3.63, 3.8) is 0 Å². The minimum absolute atomic E-state index is 0.117. The second-order valence-corrected chi connectivity index (χ2v) is 11.8. The Kier molecular flexibility index (Phi) is 4.07. The lowest BCUT2D eigenvalue weighted by atomic mass is 10.1. The van der Waals surface area contributed by atoms with Gasteiger partial charge in [0.2, 0.25) is 0 Å². The summed E-state index contributed by atoms with van der Waals surface area (Å²) in [5, 5.41) is 10.8. The standard InChI is InChI=1S/C14H23N3O3Si/c1-14(2,3)21(4,5)20-12-9-16(10-12)11-6-7-13(15-8-11)17(18)19/h6-8,12H,9-10H2,1-5H3/q-1. The summed E-state index contributed by atoms with van der Waals surface area (Å²) in [4.78, 5) is 16.1. The molecule has 2 heterocycles. The van der Waals surface area contributed by atoms with E-state index in [4.69, 9.17) is 4.43 Å². The summed E-state index contributed by atoms with van der Waals surface area (Å²) >= 11 is 0. The predicted octanol–water partition coefficient (Wildman–Crippen LogP) is 3.20. The molecule has 1 aliphatic heterocycles. The first kappa shape index (κ1) is 15.9. The van der Waals surface area contributed by atoms with Gasteiger partial charge in [0.05, 0.1) is 11.8 Å². The van der Waals surface area contributed by atoms with Gasteiger partial charge in [-0.3, -0.25) is 0 Å². The van der Waals surface area contributed by atoms with E-state index in [2.05, 4.69) is 43.7 Å². The third-order valence-electron chi connectivity index (χ3n) is 4.40. The van der Waals surface area contributed by atoms with Gasteiger partial charge in [-0.05, 0) is 24.3 Å². The molecule has 0 radical (unpaired) electrons. The van der Waals surface area contributed by atoms with E-state index in [-0.39, 0.29) is 17.0 Å². The maximum absolute atomic E-state index is 10.6. The van der Waals surface area contributed by atoms with E-state index < -0.39 is 13.2 Å². The molecule has 1 aromatic heterocycles. The Morgan fingerprint density at radius 3 is 2.43 bits per heavy atom. The fourth-order valence-electron chi connectivity index (χ4n) is 1.99. The van der Waals surface area contributed by atoms with E-state index in [1.165, 1.54) is 6.07 Å². The van der Waals surface area contributed by atoms with Crippen LogP contribution in [0.1, 0.15) is 20.8 Å². The molecule has 1 saturated heterocycles. The highest BCUT2D eigenvalue weighted by atomic mass is 28.4. The smallest absolute Gasteiger partial charge is 0.363 e. The second-order valence-electron chi connectivity index (χ2n) is 7.04. The van der Waals surface area contributed by atoms with Crippen LogP contribution in [0.15, 0.2) is 18.3 Å². The fourth-order valence-corrected chi connectivity index (χ4v) is 3.33. The van der Waals surface area contributed by atoms with Gasteiger partial charge < -0.3 is 19.4 Å². The highest BCUT2D eigenvalue weighted by Crippen LogP contribution is 2.38. The second kappa shape index (κ2) is 5.38. The van der Waals surface area contributed by atoms with Crippen LogP contribution in [-0.4, -0.2) is 37.4 Å². The van der Waals surface area contributed by atoms with Crippen LogP contribution < -0.4 is 4.90 Å². The third kappa shape index (κ3) is 3.41. The summed E-state index contributed by atoms with van der Waals surface area (Å²) in [5.41, 5.74) is 0.913. The Morgan fingerprint density at radius 1 is 1.38 bits per heavy atom. The lowest BCUT2D eigenvalue weighted by Gasteiger charge is -2.55. The fraction of sp³-hybridized carbons (Fsp3) is 0.643. The largest absolute Gasteiger partial charge is 0.560 e. The average Bonchev–Trinajstić information content (AvgIpc) is 2.32. The van der Waals surface area contributed by atoms with Crippen molar-refractivity contribution in [2.75, 3.05) is 18.0 Å². The average molecular weight is 309 g/mol. The van der Waals surface area contributed by atoms with Crippen molar-refractivity contribution in [1.29, 1.82) is 0 Å². The van der Waals surface area contributed by atoms with Crippen LogP contribution >= 0.6 is 0 Å². The van der Waals surface area contributed by atoms with E-state index in [0.717, 1.165) is 18.8 Å². The van der Waals surface area contributed by atoms with E-state index in [0.29, 0.717) is 0 Å². The molecular weight excluding hydrogens is 286 g/mol. The number of hydrogen-bond donors (Lipinski definition) is 0. The molecule has 0 saturated carbocycles. The summed E-state index contributed by atoms with van der Waals surface area (Å²) in [6.45, 7) is 12.9. The molecule has 6 nitrogen and oxygen atoms in total. The predicted molar refractivity (Wildman–Crippen MR) is 85.2 cm³/mol. The van der Waals surface area contributed by atoms with Gasteiger partial charge in [0, 0.05) is 19.2 Å². The Bertz CT molecular complexity index is 519. The molecule has 1 aliphatic rings. The minimum Gasteiger partial charge on any atom is -0.560 e. The molecule has 1 fully saturated rings. The monoisotopic (exact) mass is 309 g/mol. The topological polar surface area (TPSA) is 68.5 Å². The van der Waals surface area contributed by atoms with Gasteiger partial charge in [-0.25, -0.2) is 0 Å². The number of aromatic nitrogens is 1. The number of pyridine rings is 1. The molecule has 0 N–H and O–H groups in total. The first-order chi connectivity index (χ1) is 9.60. The lowest BCUT2D eigenvalue weighted by Crippen LogP contribution is -2.57. The Hall–Kier alpha value is -1.47. The molecule has 0 bridgehead atoms. The van der Waals surface area contributed by atoms with Crippen molar-refractivity contribution in [2.45, 2.75) is 45.0 Å². The first-order valence-electron chi connectivity index (χ1n) is 7.13. The summed E-state index contributed by atoms with van der Waals surface area (Å²) in [5.74, 6) is -0.117. The van der Waals surface area contributed by atoms with Crippen molar-refractivity contribution < 1.29 is 9.35 Å². The van der Waals surface area contributed by atoms with Crippen molar-refractivity contribution >= 4 is 19.8 Å². The molecule has 0 unspecified atom stereocenters. The summed E-state index contributed by atoms with van der Waals surface area (Å²) in [6, 6.07) is 3.19. The molecule has 7 heteroatoms. The Balaban J connectivity index is 1.91. The Morgan fingerprint density at radius 2 is 2.00 bits per heavy atom. The van der Waals surface area contributed by atoms with Gasteiger partial charge in [-0.15, -0.1) is 18.1 Å². The van der Waals surface area contributed by atoms with Crippen molar-refractivity contribution in [3.05, 3.63) is 28.4 Å². The highest BCUT2D eigenvalue weighted by molar-refractivity contribution is 6.74. The molecule has 1 aromatic rings. The minimum atomic E-state index is -1.72. The quantitative estimate of drug-likeness (QED) is 0.485. The van der Waals surface area contributed by atoms with E-state index in [9.17, 15) is 10.1 Å². The van der Waals surface area contributed by atoms with Crippen LogP contribution in [0.5, 0.6) is 0 Å². The van der Waals surface area contributed by atoms with Crippen molar-refractivity contribution in [2.24, 2.45) is 0 Å². The molecule has 0 spiro atoms. The van der Waals surface area contributed by atoms with Gasteiger partial charge in [-0.2, -0.15) is 0 Å². The Labute approximate surface area is 126 Å². The van der Waals surface area contributed by atoms with E-state index >= 15 is 0 Å². The van der Waals surface area contributed by atoms with Crippen LogP contribution in [0, 0.1) is 10.1 Å². The zero-order valence-electron chi connectivity index (χ0n) is 13.3. The molecule has 0 aromatic carbocycles. The van der Waals surface area contributed by atoms with Gasteiger partial charge >= 0.3 is 5.82 Å². The van der Waals surface area contributed by atoms with Crippen LogP contribution in [0.2, 0.25) is 18.1 Å². The molecule has 21 heavy (non-hydrogen) atoms. The van der Waals surface area contributed by atoms with Crippen LogP contribution in [0.4, 0.5) is 11.5 Å². The maximum Gasteiger partial charge on any atom is 0.363 e. The van der Waals surface area contributed by atoms with Gasteiger partial charge in [0.1, 0.15) is 0 Å². The van der Waals surface area contributed by atoms with Crippen LogP contribution in [-0.2, 0) is 4.43 Å². The normalized spacial score (nSPS) is 16.7. The van der Waals surface area contributed by atoms with Gasteiger partial charge in [0.15, 0.2) is 6.20 Å². The summed E-state index contributed by atoms with van der Waals surface area (Å²) in [7, 11) is -1.72. The summed E-state index contributed by atoms with van der Waals surface area (Å²) < 4.78 is 6.32. The van der Waals surface area contributed by atoms with Crippen LogP contribution in [0.3, 0.4) is 0 Å². The molecule has 2 rings (SSSR count). The lowest BCUT2D eigenvalue weighted by molar-refractivity contribution is -0.389. The number of anilines is 1. The van der Waals surface area contributed by atoms with Crippen LogP contribution in [0.25, 0.3) is 0 Å².